The second kappa shape index (κ2) is 9.96. The Morgan fingerprint density at radius 3 is 2.50 bits per heavy atom. The fourth-order valence-electron chi connectivity index (χ4n) is 2.51. The van der Waals surface area contributed by atoms with E-state index in [4.69, 9.17) is 15.2 Å². The van der Waals surface area contributed by atoms with Crippen LogP contribution in [0.5, 0.6) is 5.75 Å². The monoisotopic (exact) mass is 386 g/mol. The van der Waals surface area contributed by atoms with Crippen LogP contribution in [0.15, 0.2) is 48.5 Å². The summed E-state index contributed by atoms with van der Waals surface area (Å²) in [6.45, 7) is 0.0145. The number of methoxy groups -OCH3 is 1. The smallest absolute Gasteiger partial charge is 0.408 e. The minimum Gasteiger partial charge on any atom is -0.496 e. The molecule has 0 heterocycles. The third-order valence-corrected chi connectivity index (χ3v) is 3.99. The summed E-state index contributed by atoms with van der Waals surface area (Å²) in [7, 11) is 1.41. The van der Waals surface area contributed by atoms with Gasteiger partial charge in [0.2, 0.25) is 0 Å². The lowest BCUT2D eigenvalue weighted by Crippen LogP contribution is -2.41. The van der Waals surface area contributed by atoms with Gasteiger partial charge >= 0.3 is 12.1 Å². The van der Waals surface area contributed by atoms with E-state index in [1.807, 2.05) is 6.07 Å². The number of hydrogen-bond donors (Lipinski definition) is 3. The number of carboxylic acids is 1. The summed E-state index contributed by atoms with van der Waals surface area (Å²) >= 11 is 0. The summed E-state index contributed by atoms with van der Waals surface area (Å²) in [4.78, 5) is 35.7. The molecule has 28 heavy (non-hydrogen) atoms. The van der Waals surface area contributed by atoms with Crippen LogP contribution in [0.2, 0.25) is 0 Å². The van der Waals surface area contributed by atoms with Gasteiger partial charge in [0, 0.05) is 18.2 Å². The lowest BCUT2D eigenvalue weighted by atomic mass is 10.0. The summed E-state index contributed by atoms with van der Waals surface area (Å²) in [6.07, 6.45) is -1.06. The van der Waals surface area contributed by atoms with Gasteiger partial charge in [-0.15, -0.1) is 0 Å². The van der Waals surface area contributed by atoms with E-state index in [-0.39, 0.29) is 25.2 Å². The minimum absolute atomic E-state index is 0.0145. The quantitative estimate of drug-likeness (QED) is 0.446. The number of anilines is 1. The van der Waals surface area contributed by atoms with Crippen molar-refractivity contribution in [1.82, 2.24) is 5.32 Å². The van der Waals surface area contributed by atoms with Crippen LogP contribution in [0.25, 0.3) is 0 Å². The SMILES string of the molecule is COc1cc(N)ccc1C(=O)CCC(NC(=O)OCc1ccccc1)C(=O)O. The molecule has 8 nitrogen and oxygen atoms in total. The molecule has 2 aromatic carbocycles. The second-order valence-corrected chi connectivity index (χ2v) is 6.02. The van der Waals surface area contributed by atoms with Crippen molar-refractivity contribution in [3.63, 3.8) is 0 Å². The van der Waals surface area contributed by atoms with E-state index in [9.17, 15) is 19.5 Å². The Labute approximate surface area is 162 Å². The fourth-order valence-corrected chi connectivity index (χ4v) is 2.51. The molecule has 1 atom stereocenters. The van der Waals surface area contributed by atoms with Crippen molar-refractivity contribution >= 4 is 23.5 Å². The largest absolute Gasteiger partial charge is 0.496 e. The molecule has 0 aliphatic carbocycles. The van der Waals surface area contributed by atoms with E-state index in [1.54, 1.807) is 30.3 Å². The van der Waals surface area contributed by atoms with E-state index in [1.165, 1.54) is 19.2 Å². The van der Waals surface area contributed by atoms with Crippen LogP contribution in [-0.2, 0) is 16.1 Å². The number of aliphatic carboxylic acids is 1. The summed E-state index contributed by atoms with van der Waals surface area (Å²) in [6, 6.07) is 12.3. The number of amides is 1. The molecule has 0 saturated carbocycles. The van der Waals surface area contributed by atoms with Gasteiger partial charge in [0.05, 0.1) is 12.7 Å². The molecule has 0 bridgehead atoms. The summed E-state index contributed by atoms with van der Waals surface area (Å²) in [5, 5.41) is 11.6. The second-order valence-electron chi connectivity index (χ2n) is 6.02. The van der Waals surface area contributed by atoms with Crippen LogP contribution in [0, 0.1) is 0 Å². The van der Waals surface area contributed by atoms with Crippen molar-refractivity contribution in [3.05, 3.63) is 59.7 Å². The normalized spacial score (nSPS) is 11.3. The fraction of sp³-hybridized carbons (Fsp3) is 0.250. The number of nitrogen functional groups attached to an aromatic ring is 1. The third-order valence-electron chi connectivity index (χ3n) is 3.99. The molecule has 0 aliphatic rings. The molecule has 1 unspecified atom stereocenters. The molecule has 2 aromatic rings. The number of ether oxygens (including phenoxy) is 2. The average molecular weight is 386 g/mol. The van der Waals surface area contributed by atoms with Gasteiger partial charge in [0.1, 0.15) is 18.4 Å². The van der Waals surface area contributed by atoms with Crippen molar-refractivity contribution in [2.24, 2.45) is 0 Å². The maximum Gasteiger partial charge on any atom is 0.408 e. The van der Waals surface area contributed by atoms with Crippen LogP contribution in [0.1, 0.15) is 28.8 Å². The zero-order valence-corrected chi connectivity index (χ0v) is 15.4. The average Bonchev–Trinajstić information content (AvgIpc) is 2.69. The number of nitrogens with two attached hydrogens (primary N) is 1. The van der Waals surface area contributed by atoms with Crippen LogP contribution >= 0.6 is 0 Å². The lowest BCUT2D eigenvalue weighted by Gasteiger charge is -2.15. The molecular weight excluding hydrogens is 364 g/mol. The highest BCUT2D eigenvalue weighted by Gasteiger charge is 2.23. The number of benzene rings is 2. The molecule has 0 radical (unpaired) electrons. The van der Waals surface area contributed by atoms with Crippen LogP contribution < -0.4 is 15.8 Å². The van der Waals surface area contributed by atoms with Gasteiger partial charge in [-0.3, -0.25) is 4.79 Å². The third kappa shape index (κ3) is 6.01. The number of rotatable bonds is 9. The zero-order valence-electron chi connectivity index (χ0n) is 15.4. The Morgan fingerprint density at radius 2 is 1.86 bits per heavy atom. The van der Waals surface area contributed by atoms with Crippen molar-refractivity contribution in [3.8, 4) is 5.75 Å². The van der Waals surface area contributed by atoms with Gasteiger partial charge in [-0.1, -0.05) is 30.3 Å². The number of carbonyl (C=O) groups excluding carboxylic acids is 2. The first-order valence-corrected chi connectivity index (χ1v) is 8.57. The first kappa shape index (κ1) is 20.8. The molecule has 0 aromatic heterocycles. The highest BCUT2D eigenvalue weighted by Crippen LogP contribution is 2.23. The molecule has 2 rings (SSSR count). The van der Waals surface area contributed by atoms with Crippen LogP contribution in [0.4, 0.5) is 10.5 Å². The van der Waals surface area contributed by atoms with Crippen LogP contribution in [-0.4, -0.2) is 36.1 Å². The molecule has 0 fully saturated rings. The van der Waals surface area contributed by atoms with E-state index < -0.39 is 18.1 Å². The van der Waals surface area contributed by atoms with Gasteiger partial charge in [0.25, 0.3) is 0 Å². The highest BCUT2D eigenvalue weighted by atomic mass is 16.5. The number of carboxylic acid groups (broad SMARTS) is 1. The van der Waals surface area contributed by atoms with Crippen molar-refractivity contribution < 1.29 is 29.0 Å². The topological polar surface area (TPSA) is 128 Å². The number of alkyl carbamates (subject to hydrolysis) is 1. The van der Waals surface area contributed by atoms with Gasteiger partial charge in [0.15, 0.2) is 5.78 Å². The number of nitrogens with one attached hydrogen (secondary N) is 1. The number of hydrogen-bond acceptors (Lipinski definition) is 6. The molecule has 148 valence electrons. The summed E-state index contributed by atoms with van der Waals surface area (Å²) in [5.41, 5.74) is 7.18. The van der Waals surface area contributed by atoms with Gasteiger partial charge in [-0.25, -0.2) is 9.59 Å². The Bertz CT molecular complexity index is 838. The Kier molecular flexibility index (Phi) is 7.38. The van der Waals surface area contributed by atoms with E-state index in [0.717, 1.165) is 5.56 Å². The molecule has 1 amide bonds. The minimum atomic E-state index is -1.26. The molecule has 8 heteroatoms. The molecular formula is C20H22N2O6. The molecule has 4 N–H and O–H groups in total. The van der Waals surface area contributed by atoms with E-state index >= 15 is 0 Å². The summed E-state index contributed by atoms with van der Waals surface area (Å²) in [5.74, 6) is -1.26. The first-order valence-electron chi connectivity index (χ1n) is 8.57. The summed E-state index contributed by atoms with van der Waals surface area (Å²) < 4.78 is 10.2. The maximum absolute atomic E-state index is 12.4. The lowest BCUT2D eigenvalue weighted by molar-refractivity contribution is -0.139. The number of carbonyl (C=O) groups is 3. The Hall–Kier alpha value is -3.55. The zero-order chi connectivity index (χ0) is 20.5. The molecule has 0 aliphatic heterocycles. The van der Waals surface area contributed by atoms with Gasteiger partial charge < -0.3 is 25.6 Å². The van der Waals surface area contributed by atoms with E-state index in [2.05, 4.69) is 5.32 Å². The van der Waals surface area contributed by atoms with Gasteiger partial charge in [-0.05, 0) is 24.1 Å². The number of ketones is 1. The van der Waals surface area contributed by atoms with Crippen molar-refractivity contribution in [2.45, 2.75) is 25.5 Å². The predicted octanol–water partition coefficient (Wildman–Crippen LogP) is 2.62. The molecule has 0 spiro atoms. The predicted molar refractivity (Wildman–Crippen MR) is 102 cm³/mol. The molecule has 0 saturated heterocycles. The number of Topliss-reactive ketones (excluding diaryl/α,β-unsaturated/α-hetero) is 1. The Morgan fingerprint density at radius 1 is 1.14 bits per heavy atom. The van der Waals surface area contributed by atoms with Crippen molar-refractivity contribution in [1.29, 1.82) is 0 Å². The van der Waals surface area contributed by atoms with E-state index in [0.29, 0.717) is 17.0 Å². The standard InChI is InChI=1S/C20H22N2O6/c1-27-18-11-14(21)7-8-15(18)17(23)10-9-16(19(24)25)22-20(26)28-12-13-5-3-2-4-6-13/h2-8,11,16H,9-10,12,21H2,1H3,(H,22,26)(H,24,25). The van der Waals surface area contributed by atoms with Gasteiger partial charge in [-0.2, -0.15) is 0 Å². The Balaban J connectivity index is 1.91. The maximum atomic E-state index is 12.4. The van der Waals surface area contributed by atoms with Crippen LogP contribution in [0.3, 0.4) is 0 Å². The van der Waals surface area contributed by atoms with Crippen molar-refractivity contribution in [2.75, 3.05) is 12.8 Å². The highest BCUT2D eigenvalue weighted by molar-refractivity contribution is 5.99. The first-order chi connectivity index (χ1) is 13.4.